The predicted octanol–water partition coefficient (Wildman–Crippen LogP) is 1.83. The zero-order valence-corrected chi connectivity index (χ0v) is 12.1. The average molecular weight is 263 g/mol. The van der Waals surface area contributed by atoms with E-state index >= 15 is 0 Å². The van der Waals surface area contributed by atoms with E-state index in [4.69, 9.17) is 5.73 Å². The molecule has 19 heavy (non-hydrogen) atoms. The molecule has 5 heteroatoms. The summed E-state index contributed by atoms with van der Waals surface area (Å²) in [6.07, 6.45) is 4.86. The van der Waals surface area contributed by atoms with Crippen molar-refractivity contribution in [1.29, 1.82) is 0 Å². The van der Waals surface area contributed by atoms with Gasteiger partial charge in [-0.1, -0.05) is 13.3 Å². The molecule has 0 saturated carbocycles. The third-order valence-electron chi connectivity index (χ3n) is 3.72. The molecular weight excluding hydrogens is 238 g/mol. The molecule has 1 aliphatic heterocycles. The molecule has 1 aromatic rings. The van der Waals surface area contributed by atoms with Crippen LogP contribution in [0.2, 0.25) is 0 Å². The number of hydrogen-bond donors (Lipinski definition) is 2. The van der Waals surface area contributed by atoms with Crippen LogP contribution < -0.4 is 11.1 Å². The van der Waals surface area contributed by atoms with Gasteiger partial charge in [-0.05, 0) is 32.9 Å². The standard InChI is InChI=1S/C14H25N5/c1-3-12-17-13(15)11(2)14(18-12)16-7-10-19-8-5-4-6-9-19/h3-10H2,1-2H3,(H3,15,16,17,18). The third-order valence-corrected chi connectivity index (χ3v) is 3.72. The minimum Gasteiger partial charge on any atom is -0.383 e. The van der Waals surface area contributed by atoms with Crippen LogP contribution in [-0.2, 0) is 6.42 Å². The second-order valence-corrected chi connectivity index (χ2v) is 5.18. The second-order valence-electron chi connectivity index (χ2n) is 5.18. The Hall–Kier alpha value is -1.36. The number of aromatic nitrogens is 2. The first-order valence-corrected chi connectivity index (χ1v) is 7.30. The van der Waals surface area contributed by atoms with Crippen LogP contribution in [0.4, 0.5) is 11.6 Å². The van der Waals surface area contributed by atoms with Gasteiger partial charge in [0.25, 0.3) is 0 Å². The highest BCUT2D eigenvalue weighted by molar-refractivity contribution is 5.54. The maximum atomic E-state index is 5.91. The number of anilines is 2. The Labute approximate surface area is 115 Å². The lowest BCUT2D eigenvalue weighted by molar-refractivity contribution is 0.237. The molecule has 1 aromatic heterocycles. The maximum Gasteiger partial charge on any atom is 0.134 e. The van der Waals surface area contributed by atoms with Gasteiger partial charge >= 0.3 is 0 Å². The molecule has 1 saturated heterocycles. The highest BCUT2D eigenvalue weighted by atomic mass is 15.2. The van der Waals surface area contributed by atoms with E-state index in [-0.39, 0.29) is 0 Å². The average Bonchev–Trinajstić information content (AvgIpc) is 2.44. The van der Waals surface area contributed by atoms with Crippen LogP contribution in [0, 0.1) is 6.92 Å². The van der Waals surface area contributed by atoms with Gasteiger partial charge in [0, 0.05) is 25.1 Å². The molecule has 0 amide bonds. The van der Waals surface area contributed by atoms with Crippen LogP contribution in [0.1, 0.15) is 37.6 Å². The summed E-state index contributed by atoms with van der Waals surface area (Å²) in [7, 11) is 0. The molecule has 0 radical (unpaired) electrons. The molecule has 2 rings (SSSR count). The molecule has 5 nitrogen and oxygen atoms in total. The van der Waals surface area contributed by atoms with Gasteiger partial charge in [0.05, 0.1) is 0 Å². The lowest BCUT2D eigenvalue weighted by Gasteiger charge is -2.26. The van der Waals surface area contributed by atoms with Crippen molar-refractivity contribution in [3.63, 3.8) is 0 Å². The van der Waals surface area contributed by atoms with Crippen molar-refractivity contribution in [2.24, 2.45) is 0 Å². The van der Waals surface area contributed by atoms with Crippen molar-refractivity contribution >= 4 is 11.6 Å². The van der Waals surface area contributed by atoms with Gasteiger partial charge in [-0.2, -0.15) is 0 Å². The number of nitrogen functional groups attached to an aromatic ring is 1. The van der Waals surface area contributed by atoms with Gasteiger partial charge in [-0.25, -0.2) is 9.97 Å². The highest BCUT2D eigenvalue weighted by Gasteiger charge is 2.11. The molecule has 1 aliphatic rings. The van der Waals surface area contributed by atoms with Gasteiger partial charge in [0.1, 0.15) is 17.5 Å². The number of piperidine rings is 1. The minimum atomic E-state index is 0.590. The van der Waals surface area contributed by atoms with Crippen molar-refractivity contribution in [2.45, 2.75) is 39.5 Å². The Morgan fingerprint density at radius 3 is 2.63 bits per heavy atom. The Morgan fingerprint density at radius 2 is 1.95 bits per heavy atom. The van der Waals surface area contributed by atoms with Gasteiger partial charge in [0.2, 0.25) is 0 Å². The number of hydrogen-bond acceptors (Lipinski definition) is 5. The Morgan fingerprint density at radius 1 is 1.21 bits per heavy atom. The van der Waals surface area contributed by atoms with Crippen molar-refractivity contribution in [3.05, 3.63) is 11.4 Å². The smallest absolute Gasteiger partial charge is 0.134 e. The Kier molecular flexibility index (Phi) is 4.96. The summed E-state index contributed by atoms with van der Waals surface area (Å²) in [6.45, 7) is 8.46. The quantitative estimate of drug-likeness (QED) is 0.848. The SMILES string of the molecule is CCc1nc(N)c(C)c(NCCN2CCCCC2)n1. The van der Waals surface area contributed by atoms with E-state index in [1.54, 1.807) is 0 Å². The number of likely N-dealkylation sites (tertiary alicyclic amines) is 1. The van der Waals surface area contributed by atoms with Crippen molar-refractivity contribution < 1.29 is 0 Å². The minimum absolute atomic E-state index is 0.590. The lowest BCUT2D eigenvalue weighted by atomic mass is 10.1. The normalized spacial score (nSPS) is 16.5. The van der Waals surface area contributed by atoms with E-state index in [9.17, 15) is 0 Å². The van der Waals surface area contributed by atoms with Gasteiger partial charge < -0.3 is 16.0 Å². The Balaban J connectivity index is 1.89. The fraction of sp³-hybridized carbons (Fsp3) is 0.714. The molecule has 0 bridgehead atoms. The van der Waals surface area contributed by atoms with Gasteiger partial charge in [-0.3, -0.25) is 0 Å². The van der Waals surface area contributed by atoms with E-state index in [1.807, 2.05) is 13.8 Å². The molecule has 106 valence electrons. The molecule has 0 atom stereocenters. The first kappa shape index (κ1) is 14.1. The fourth-order valence-corrected chi connectivity index (χ4v) is 2.43. The zero-order chi connectivity index (χ0) is 13.7. The summed E-state index contributed by atoms with van der Waals surface area (Å²) in [4.78, 5) is 11.3. The summed E-state index contributed by atoms with van der Waals surface area (Å²) in [5, 5.41) is 3.40. The van der Waals surface area contributed by atoms with Gasteiger partial charge in [0.15, 0.2) is 0 Å². The van der Waals surface area contributed by atoms with E-state index < -0.39 is 0 Å². The van der Waals surface area contributed by atoms with Crippen LogP contribution in [0.5, 0.6) is 0 Å². The molecular formula is C14H25N5. The number of nitrogens with two attached hydrogens (primary N) is 1. The molecule has 0 aliphatic carbocycles. The molecule has 2 heterocycles. The summed E-state index contributed by atoms with van der Waals surface area (Å²) in [5.41, 5.74) is 6.86. The van der Waals surface area contributed by atoms with Crippen molar-refractivity contribution in [2.75, 3.05) is 37.2 Å². The van der Waals surface area contributed by atoms with Crippen LogP contribution in [0.3, 0.4) is 0 Å². The largest absolute Gasteiger partial charge is 0.383 e. The van der Waals surface area contributed by atoms with Crippen LogP contribution in [0.15, 0.2) is 0 Å². The first-order valence-electron chi connectivity index (χ1n) is 7.30. The number of rotatable bonds is 5. The van der Waals surface area contributed by atoms with Crippen molar-refractivity contribution in [3.8, 4) is 0 Å². The van der Waals surface area contributed by atoms with Gasteiger partial charge in [-0.15, -0.1) is 0 Å². The molecule has 0 unspecified atom stereocenters. The Bertz CT molecular complexity index is 413. The summed E-state index contributed by atoms with van der Waals surface area (Å²) in [5.74, 6) is 2.29. The number of nitrogens with zero attached hydrogens (tertiary/aromatic N) is 3. The first-order chi connectivity index (χ1) is 9.20. The predicted molar refractivity (Wildman–Crippen MR) is 79.3 cm³/mol. The summed E-state index contributed by atoms with van der Waals surface area (Å²) < 4.78 is 0. The topological polar surface area (TPSA) is 67.1 Å². The summed E-state index contributed by atoms with van der Waals surface area (Å²) in [6, 6.07) is 0. The van der Waals surface area contributed by atoms with E-state index in [2.05, 4.69) is 20.2 Å². The van der Waals surface area contributed by atoms with E-state index in [0.717, 1.165) is 36.7 Å². The highest BCUT2D eigenvalue weighted by Crippen LogP contribution is 2.17. The molecule has 3 N–H and O–H groups in total. The molecule has 1 fully saturated rings. The van der Waals surface area contributed by atoms with Crippen LogP contribution in [-0.4, -0.2) is 41.0 Å². The van der Waals surface area contributed by atoms with E-state index in [0.29, 0.717) is 5.82 Å². The van der Waals surface area contributed by atoms with Crippen LogP contribution in [0.25, 0.3) is 0 Å². The van der Waals surface area contributed by atoms with Crippen molar-refractivity contribution in [1.82, 2.24) is 14.9 Å². The zero-order valence-electron chi connectivity index (χ0n) is 12.1. The fourth-order valence-electron chi connectivity index (χ4n) is 2.43. The second kappa shape index (κ2) is 6.70. The monoisotopic (exact) mass is 263 g/mol. The maximum absolute atomic E-state index is 5.91. The molecule has 0 aromatic carbocycles. The summed E-state index contributed by atoms with van der Waals surface area (Å²) >= 11 is 0. The third kappa shape index (κ3) is 3.80. The number of aryl methyl sites for hydroxylation is 1. The van der Waals surface area contributed by atoms with Crippen LogP contribution >= 0.6 is 0 Å². The molecule has 0 spiro atoms. The number of nitrogens with one attached hydrogen (secondary N) is 1. The van der Waals surface area contributed by atoms with E-state index in [1.165, 1.54) is 32.4 Å². The lowest BCUT2D eigenvalue weighted by Crippen LogP contribution is -2.34.